The summed E-state index contributed by atoms with van der Waals surface area (Å²) in [5, 5.41) is 11.4. The van der Waals surface area contributed by atoms with Crippen LogP contribution in [0.25, 0.3) is 0 Å². The highest BCUT2D eigenvalue weighted by Crippen LogP contribution is 2.43. The summed E-state index contributed by atoms with van der Waals surface area (Å²) in [5.41, 5.74) is -2.83. The van der Waals surface area contributed by atoms with Crippen molar-refractivity contribution in [3.05, 3.63) is 47.0 Å². The topological polar surface area (TPSA) is 124 Å². The molecule has 304 valence electrons. The second kappa shape index (κ2) is 17.0. The number of cyclic esters (lactones) is 1. The molecule has 1 unspecified atom stereocenters. The molecule has 1 amide bonds. The molecule has 1 N–H and O–H groups in total. The molecule has 1 aromatic rings. The first-order valence-corrected chi connectivity index (χ1v) is 18.9. The number of esters is 1. The van der Waals surface area contributed by atoms with Gasteiger partial charge in [-0.3, -0.25) is 9.69 Å². The van der Waals surface area contributed by atoms with Crippen molar-refractivity contribution < 1.29 is 56.3 Å². The molecule has 2 fully saturated rings. The molecule has 4 rings (SSSR count). The van der Waals surface area contributed by atoms with Gasteiger partial charge >= 0.3 is 18.2 Å². The Labute approximate surface area is 317 Å². The van der Waals surface area contributed by atoms with Crippen LogP contribution in [0.5, 0.6) is 0 Å². The molecule has 3 aliphatic rings. The zero-order chi connectivity index (χ0) is 40.5. The molecule has 0 aromatic heterocycles. The number of fused-ring (bicyclic) bond motifs is 1. The third-order valence-electron chi connectivity index (χ3n) is 11.7. The number of amides is 1. The van der Waals surface area contributed by atoms with Crippen molar-refractivity contribution in [2.24, 2.45) is 17.8 Å². The molecular formula is C40H59F3N2O9. The molecule has 14 heteroatoms. The number of benzene rings is 1. The lowest BCUT2D eigenvalue weighted by molar-refractivity contribution is -0.294. The Kier molecular flexibility index (Phi) is 13.7. The Hall–Kier alpha value is -3.04. The first-order chi connectivity index (χ1) is 25.1. The van der Waals surface area contributed by atoms with E-state index in [1.807, 2.05) is 39.8 Å². The Bertz CT molecular complexity index is 1540. The second-order valence-corrected chi connectivity index (χ2v) is 16.1. The lowest BCUT2D eigenvalue weighted by atomic mass is 9.74. The Morgan fingerprint density at radius 1 is 1.09 bits per heavy atom. The number of nitrogens with zero attached hydrogens (tertiary/aromatic N) is 2. The first kappa shape index (κ1) is 43.7. The minimum Gasteiger partial charge on any atom is -0.455 e. The van der Waals surface area contributed by atoms with E-state index in [9.17, 15) is 32.7 Å². The van der Waals surface area contributed by atoms with Gasteiger partial charge in [-0.25, -0.2) is 9.59 Å². The lowest BCUT2D eigenvalue weighted by Crippen LogP contribution is -2.59. The van der Waals surface area contributed by atoms with Crippen molar-refractivity contribution in [2.45, 2.75) is 141 Å². The summed E-state index contributed by atoms with van der Waals surface area (Å²) >= 11 is 0. The summed E-state index contributed by atoms with van der Waals surface area (Å²) in [6.45, 7) is 14.1. The highest BCUT2D eigenvalue weighted by Gasteiger charge is 2.60. The van der Waals surface area contributed by atoms with E-state index in [2.05, 4.69) is 0 Å². The predicted molar refractivity (Wildman–Crippen MR) is 194 cm³/mol. The van der Waals surface area contributed by atoms with Crippen molar-refractivity contribution in [1.82, 2.24) is 9.80 Å². The van der Waals surface area contributed by atoms with Gasteiger partial charge in [0.05, 0.1) is 29.4 Å². The standard InChI is InChI=1S/C40H59F3N2O9/c1-12-30-39(8)33(45(37(49)54-39)17-16-27-14-13-15-28(20-27)40(41,42)43)26(6)31(46)24(4)21-38(7,50-11)34(22(2)18-23(3)35(48)52-30)53-36-32(47)29(44(9)10)19-25(5)51-36/h13-15,18,20,22,24-26,29-30,32-34,36,47H,12,16-17,19,21H2,1-11H3/b23-18+/t22-,24+,25+,26-,29-,30?,32+,33+,34+,36-,38+,39+/m0/s1. The number of methoxy groups -OCH3 is 1. The van der Waals surface area contributed by atoms with Crippen molar-refractivity contribution in [1.29, 1.82) is 0 Å². The van der Waals surface area contributed by atoms with E-state index in [0.717, 1.165) is 12.1 Å². The minimum absolute atomic E-state index is 0.0466. The van der Waals surface area contributed by atoms with Gasteiger partial charge in [0, 0.05) is 43.0 Å². The monoisotopic (exact) mass is 768 g/mol. The van der Waals surface area contributed by atoms with E-state index in [0.29, 0.717) is 12.0 Å². The lowest BCUT2D eigenvalue weighted by Gasteiger charge is -2.47. The van der Waals surface area contributed by atoms with Crippen molar-refractivity contribution in [3.63, 3.8) is 0 Å². The Balaban J connectivity index is 1.76. The minimum atomic E-state index is -4.54. The van der Waals surface area contributed by atoms with Crippen LogP contribution < -0.4 is 0 Å². The maximum atomic E-state index is 14.6. The summed E-state index contributed by atoms with van der Waals surface area (Å²) in [5.74, 6) is -2.91. The molecule has 0 radical (unpaired) electrons. The largest absolute Gasteiger partial charge is 0.455 e. The zero-order valence-electron chi connectivity index (χ0n) is 33.4. The van der Waals surface area contributed by atoms with Gasteiger partial charge in [0.25, 0.3) is 0 Å². The summed E-state index contributed by atoms with van der Waals surface area (Å²) in [4.78, 5) is 45.4. The number of hydrogen-bond acceptors (Lipinski definition) is 10. The zero-order valence-corrected chi connectivity index (χ0v) is 33.4. The van der Waals surface area contributed by atoms with Gasteiger partial charge in [-0.1, -0.05) is 52.0 Å². The molecule has 3 heterocycles. The van der Waals surface area contributed by atoms with Crippen LogP contribution in [0.2, 0.25) is 0 Å². The van der Waals surface area contributed by atoms with Crippen molar-refractivity contribution >= 4 is 17.8 Å². The Morgan fingerprint density at radius 3 is 2.35 bits per heavy atom. The van der Waals surface area contributed by atoms with Gasteiger partial charge in [0.1, 0.15) is 18.0 Å². The van der Waals surface area contributed by atoms with E-state index in [1.54, 1.807) is 46.8 Å². The third kappa shape index (κ3) is 9.15. The molecule has 12 atom stereocenters. The summed E-state index contributed by atoms with van der Waals surface area (Å²) in [7, 11) is 5.27. The number of aliphatic hydroxyl groups is 1. The van der Waals surface area contributed by atoms with Gasteiger partial charge < -0.3 is 33.7 Å². The number of likely N-dealkylation sites (N-methyl/N-ethyl adjacent to an activating group) is 1. The van der Waals surface area contributed by atoms with E-state index in [-0.39, 0.29) is 49.3 Å². The van der Waals surface area contributed by atoms with Gasteiger partial charge in [0.15, 0.2) is 11.9 Å². The average molecular weight is 769 g/mol. The summed E-state index contributed by atoms with van der Waals surface area (Å²) in [6, 6.07) is 3.70. The molecule has 1 aromatic carbocycles. The smallest absolute Gasteiger partial charge is 0.416 e. The molecule has 54 heavy (non-hydrogen) atoms. The quantitative estimate of drug-likeness (QED) is 0.306. The number of ether oxygens (including phenoxy) is 5. The van der Waals surface area contributed by atoms with E-state index in [4.69, 9.17) is 23.7 Å². The van der Waals surface area contributed by atoms with Crippen LogP contribution in [0.1, 0.15) is 85.8 Å². The van der Waals surface area contributed by atoms with Crippen LogP contribution in [0.3, 0.4) is 0 Å². The van der Waals surface area contributed by atoms with Gasteiger partial charge in [-0.05, 0) is 79.1 Å². The SMILES string of the molecule is CCC1OC(=O)/C(C)=C/[C@H](C)[C@@H](O[C@@H]2O[C@H](C)C[C@H](N(C)C)[C@H]2O)[C@](C)(OC)C[C@@H](C)C(=O)[C@H](C)[C@H]2N(CCc3cccc(C(F)(F)F)c3)C(=O)O[C@]12C. The summed E-state index contributed by atoms with van der Waals surface area (Å²) < 4.78 is 71.6. The molecule has 3 aliphatic heterocycles. The van der Waals surface area contributed by atoms with Crippen LogP contribution in [0.15, 0.2) is 35.9 Å². The molecule has 0 spiro atoms. The summed E-state index contributed by atoms with van der Waals surface area (Å²) in [6.07, 6.45) is -6.60. The van der Waals surface area contributed by atoms with Crippen molar-refractivity contribution in [3.8, 4) is 0 Å². The van der Waals surface area contributed by atoms with E-state index < -0.39 is 83.4 Å². The van der Waals surface area contributed by atoms with Crippen LogP contribution in [-0.4, -0.2) is 114 Å². The molecule has 0 bridgehead atoms. The van der Waals surface area contributed by atoms with Gasteiger partial charge in [-0.15, -0.1) is 0 Å². The van der Waals surface area contributed by atoms with E-state index in [1.165, 1.54) is 18.1 Å². The van der Waals surface area contributed by atoms with E-state index >= 15 is 0 Å². The molecule has 11 nitrogen and oxygen atoms in total. The van der Waals surface area contributed by atoms with Crippen LogP contribution in [-0.2, 0) is 45.9 Å². The van der Waals surface area contributed by atoms with Gasteiger partial charge in [0.2, 0.25) is 0 Å². The maximum Gasteiger partial charge on any atom is 0.416 e. The highest BCUT2D eigenvalue weighted by molar-refractivity contribution is 5.88. The number of Topliss-reactive ketones (excluding diaryl/α,β-unsaturated/α-hetero) is 1. The number of aliphatic hydroxyl groups excluding tert-OH is 1. The maximum absolute atomic E-state index is 14.6. The number of halogens is 3. The normalized spacial score (nSPS) is 38.3. The van der Waals surface area contributed by atoms with Crippen LogP contribution >= 0.6 is 0 Å². The number of ketones is 1. The van der Waals surface area contributed by atoms with Crippen LogP contribution in [0, 0.1) is 17.8 Å². The highest BCUT2D eigenvalue weighted by atomic mass is 19.4. The average Bonchev–Trinajstić information content (AvgIpc) is 3.36. The molecule has 2 saturated heterocycles. The number of hydrogen-bond donors (Lipinski definition) is 1. The fraction of sp³-hybridized carbons (Fsp3) is 0.725. The molecule has 0 aliphatic carbocycles. The molecular weight excluding hydrogens is 709 g/mol. The number of carbonyl (C=O) groups excluding carboxylic acids is 3. The van der Waals surface area contributed by atoms with Gasteiger partial charge in [-0.2, -0.15) is 13.2 Å². The molecule has 0 saturated carbocycles. The predicted octanol–water partition coefficient (Wildman–Crippen LogP) is 6.19. The Morgan fingerprint density at radius 2 is 1.76 bits per heavy atom. The number of carbonyl (C=O) groups is 3. The van der Waals surface area contributed by atoms with Crippen LogP contribution in [0.4, 0.5) is 18.0 Å². The fourth-order valence-corrected chi connectivity index (χ4v) is 8.77. The third-order valence-corrected chi connectivity index (χ3v) is 11.7. The van der Waals surface area contributed by atoms with Crippen molar-refractivity contribution in [2.75, 3.05) is 27.7 Å². The second-order valence-electron chi connectivity index (χ2n) is 16.1. The number of alkyl halides is 3. The fourth-order valence-electron chi connectivity index (χ4n) is 8.77. The first-order valence-electron chi connectivity index (χ1n) is 18.9. The number of rotatable bonds is 8.